The maximum atomic E-state index is 13.1. The number of nitrogens with one attached hydrogen (secondary N) is 3. The summed E-state index contributed by atoms with van der Waals surface area (Å²) in [5.41, 5.74) is -0.873. The highest BCUT2D eigenvalue weighted by atomic mass is 32.1. The van der Waals surface area contributed by atoms with Crippen molar-refractivity contribution in [3.63, 3.8) is 0 Å². The van der Waals surface area contributed by atoms with Crippen molar-refractivity contribution >= 4 is 40.6 Å². The summed E-state index contributed by atoms with van der Waals surface area (Å²) in [6.45, 7) is 1.27. The molecule has 4 aromatic rings. The minimum absolute atomic E-state index is 0.00612. The lowest BCUT2D eigenvalue weighted by molar-refractivity contribution is -0.138. The molecule has 0 unspecified atom stereocenters. The number of thiazole rings is 1. The molecule has 3 N–H and O–H groups in total. The van der Waals surface area contributed by atoms with Crippen LogP contribution in [0.5, 0.6) is 0 Å². The van der Waals surface area contributed by atoms with Crippen LogP contribution in [-0.2, 0) is 12.7 Å². The van der Waals surface area contributed by atoms with E-state index in [-0.39, 0.29) is 28.5 Å². The number of anilines is 3. The minimum atomic E-state index is -4.57. The standard InChI is InChI=1S/C20H15F3N8O3S/c1-10-6-24-15(4-11(10)20(21,22)23)30-19(33)13-7-25-17(35-13)8-26-18(32)12-5-16(28-9-27-12)29-14-2-3-34-31-14/h2-7,9H,8H2,1H3,(H,26,32)(H,24,30,33)(H,27,28,29,31). The molecular weight excluding hydrogens is 489 g/mol. The fourth-order valence-corrected chi connectivity index (χ4v) is 3.53. The second-order valence-corrected chi connectivity index (χ2v) is 8.05. The summed E-state index contributed by atoms with van der Waals surface area (Å²) >= 11 is 0.965. The Morgan fingerprint density at radius 3 is 2.60 bits per heavy atom. The number of amides is 2. The van der Waals surface area contributed by atoms with Crippen molar-refractivity contribution in [2.75, 3.05) is 10.6 Å². The van der Waals surface area contributed by atoms with Gasteiger partial charge in [0.05, 0.1) is 18.3 Å². The van der Waals surface area contributed by atoms with Gasteiger partial charge in [-0.2, -0.15) is 13.2 Å². The van der Waals surface area contributed by atoms with Gasteiger partial charge >= 0.3 is 6.18 Å². The van der Waals surface area contributed by atoms with Crippen molar-refractivity contribution < 1.29 is 27.3 Å². The van der Waals surface area contributed by atoms with Crippen LogP contribution in [0.15, 0.2) is 47.7 Å². The normalized spacial score (nSPS) is 11.2. The number of hydrogen-bond acceptors (Lipinski definition) is 10. The summed E-state index contributed by atoms with van der Waals surface area (Å²) in [6.07, 6.45) is 0.291. The van der Waals surface area contributed by atoms with E-state index >= 15 is 0 Å². The van der Waals surface area contributed by atoms with Crippen molar-refractivity contribution in [2.45, 2.75) is 19.6 Å². The Bertz CT molecular complexity index is 1360. The van der Waals surface area contributed by atoms with Gasteiger partial charge < -0.3 is 20.5 Å². The van der Waals surface area contributed by atoms with Gasteiger partial charge in [0, 0.05) is 18.3 Å². The van der Waals surface area contributed by atoms with Gasteiger partial charge in [0.15, 0.2) is 5.82 Å². The smallest absolute Gasteiger partial charge is 0.363 e. The average molecular weight is 504 g/mol. The highest BCUT2D eigenvalue weighted by Gasteiger charge is 2.33. The third-order valence-corrected chi connectivity index (χ3v) is 5.42. The van der Waals surface area contributed by atoms with Gasteiger partial charge in [-0.25, -0.2) is 19.9 Å². The van der Waals surface area contributed by atoms with E-state index < -0.39 is 23.6 Å². The van der Waals surface area contributed by atoms with Gasteiger partial charge in [0.1, 0.15) is 39.8 Å². The van der Waals surface area contributed by atoms with E-state index in [9.17, 15) is 22.8 Å². The lowest BCUT2D eigenvalue weighted by Crippen LogP contribution is -2.24. The van der Waals surface area contributed by atoms with Gasteiger partial charge in [0.2, 0.25) is 0 Å². The molecule has 35 heavy (non-hydrogen) atoms. The molecule has 4 aromatic heterocycles. The number of carbonyl (C=O) groups is 2. The lowest BCUT2D eigenvalue weighted by Gasteiger charge is -2.11. The average Bonchev–Trinajstić information content (AvgIpc) is 3.50. The predicted octanol–water partition coefficient (Wildman–Crippen LogP) is 3.57. The topological polar surface area (TPSA) is 148 Å². The number of halogens is 3. The summed E-state index contributed by atoms with van der Waals surface area (Å²) in [4.78, 5) is 40.8. The Labute approximate surface area is 198 Å². The number of aryl methyl sites for hydroxylation is 1. The number of aromatic nitrogens is 5. The molecule has 0 aliphatic rings. The number of rotatable bonds is 7. The largest absolute Gasteiger partial charge is 0.416 e. The minimum Gasteiger partial charge on any atom is -0.363 e. The molecule has 180 valence electrons. The Kier molecular flexibility index (Phi) is 6.68. The van der Waals surface area contributed by atoms with Crippen LogP contribution < -0.4 is 16.0 Å². The molecule has 15 heteroatoms. The number of pyridine rings is 1. The first kappa shape index (κ1) is 23.7. The van der Waals surface area contributed by atoms with Crippen LogP contribution in [0.25, 0.3) is 0 Å². The van der Waals surface area contributed by atoms with Gasteiger partial charge in [0.25, 0.3) is 11.8 Å². The highest BCUT2D eigenvalue weighted by molar-refractivity contribution is 7.13. The maximum absolute atomic E-state index is 13.1. The van der Waals surface area contributed by atoms with Crippen molar-refractivity contribution in [2.24, 2.45) is 0 Å². The summed E-state index contributed by atoms with van der Waals surface area (Å²) in [5, 5.41) is 11.9. The summed E-state index contributed by atoms with van der Waals surface area (Å²) in [7, 11) is 0. The summed E-state index contributed by atoms with van der Waals surface area (Å²) in [6, 6.07) is 3.75. The van der Waals surface area contributed by atoms with E-state index in [0.29, 0.717) is 16.6 Å². The molecule has 11 nitrogen and oxygen atoms in total. The number of hydrogen-bond donors (Lipinski definition) is 3. The molecule has 0 saturated carbocycles. The van der Waals surface area contributed by atoms with Gasteiger partial charge in [-0.3, -0.25) is 9.59 Å². The molecule has 0 aromatic carbocycles. The molecule has 0 radical (unpaired) electrons. The Balaban J connectivity index is 1.35. The Morgan fingerprint density at radius 1 is 1.03 bits per heavy atom. The molecule has 0 fully saturated rings. The van der Waals surface area contributed by atoms with Crippen LogP contribution in [0.2, 0.25) is 0 Å². The van der Waals surface area contributed by atoms with E-state index in [1.165, 1.54) is 31.8 Å². The van der Waals surface area contributed by atoms with E-state index in [4.69, 9.17) is 4.52 Å². The molecule has 0 bridgehead atoms. The van der Waals surface area contributed by atoms with Gasteiger partial charge in [-0.15, -0.1) is 11.3 Å². The number of carbonyl (C=O) groups excluding carboxylic acids is 2. The fraction of sp³-hybridized carbons (Fsp3) is 0.150. The molecule has 0 saturated heterocycles. The zero-order valence-electron chi connectivity index (χ0n) is 17.8. The zero-order chi connectivity index (χ0) is 25.0. The Morgan fingerprint density at radius 2 is 1.86 bits per heavy atom. The first-order valence-electron chi connectivity index (χ1n) is 9.76. The van der Waals surface area contributed by atoms with Gasteiger partial charge in [-0.1, -0.05) is 5.16 Å². The van der Waals surface area contributed by atoms with Crippen molar-refractivity contribution in [1.82, 2.24) is 30.4 Å². The van der Waals surface area contributed by atoms with E-state index in [0.717, 1.165) is 23.6 Å². The summed E-state index contributed by atoms with van der Waals surface area (Å²) in [5.74, 6) is -0.705. The number of alkyl halides is 3. The first-order valence-corrected chi connectivity index (χ1v) is 10.6. The molecule has 0 spiro atoms. The second-order valence-electron chi connectivity index (χ2n) is 6.94. The highest BCUT2D eigenvalue weighted by Crippen LogP contribution is 2.32. The van der Waals surface area contributed by atoms with Crippen LogP contribution in [0.3, 0.4) is 0 Å². The monoisotopic (exact) mass is 504 g/mol. The van der Waals surface area contributed by atoms with E-state index in [2.05, 4.69) is 41.0 Å². The van der Waals surface area contributed by atoms with E-state index in [1.807, 2.05) is 0 Å². The van der Waals surface area contributed by atoms with Crippen LogP contribution in [0.4, 0.5) is 30.6 Å². The van der Waals surface area contributed by atoms with Crippen molar-refractivity contribution in [3.05, 3.63) is 69.9 Å². The van der Waals surface area contributed by atoms with Crippen LogP contribution in [0, 0.1) is 6.92 Å². The van der Waals surface area contributed by atoms with Crippen molar-refractivity contribution in [3.8, 4) is 0 Å². The van der Waals surface area contributed by atoms with Crippen molar-refractivity contribution in [1.29, 1.82) is 0 Å². The molecular formula is C20H15F3N8O3S. The molecule has 4 heterocycles. The predicted molar refractivity (Wildman–Crippen MR) is 117 cm³/mol. The third kappa shape index (κ3) is 5.94. The van der Waals surface area contributed by atoms with Crippen LogP contribution >= 0.6 is 11.3 Å². The SMILES string of the molecule is Cc1cnc(NC(=O)c2cnc(CNC(=O)c3cc(Nc4ccon4)ncn3)s2)cc1C(F)(F)F. The Hall–Kier alpha value is -4.40. The first-order chi connectivity index (χ1) is 16.7. The molecule has 0 aliphatic carbocycles. The third-order valence-electron chi connectivity index (χ3n) is 4.42. The van der Waals surface area contributed by atoms with Gasteiger partial charge in [-0.05, 0) is 18.6 Å². The van der Waals surface area contributed by atoms with Crippen LogP contribution in [0.1, 0.15) is 36.3 Å². The number of nitrogens with zero attached hydrogens (tertiary/aromatic N) is 5. The second kappa shape index (κ2) is 9.84. The van der Waals surface area contributed by atoms with E-state index in [1.54, 1.807) is 6.07 Å². The quantitative estimate of drug-likeness (QED) is 0.343. The molecule has 0 aliphatic heterocycles. The molecule has 0 atom stereocenters. The fourth-order valence-electron chi connectivity index (χ4n) is 2.78. The molecule has 4 rings (SSSR count). The maximum Gasteiger partial charge on any atom is 0.416 e. The van der Waals surface area contributed by atoms with Crippen LogP contribution in [-0.4, -0.2) is 36.9 Å². The molecule has 2 amide bonds. The lowest BCUT2D eigenvalue weighted by atomic mass is 10.1. The summed E-state index contributed by atoms with van der Waals surface area (Å²) < 4.78 is 43.9. The zero-order valence-corrected chi connectivity index (χ0v) is 18.6.